The molecule has 8 heteroatoms. The number of piperidine rings is 1. The van der Waals surface area contributed by atoms with Crippen LogP contribution in [-0.2, 0) is 30.5 Å². The molecule has 0 radical (unpaired) electrons. The zero-order valence-corrected chi connectivity index (χ0v) is 18.0. The Labute approximate surface area is 176 Å². The summed E-state index contributed by atoms with van der Waals surface area (Å²) in [5.41, 5.74) is 0.103. The van der Waals surface area contributed by atoms with Gasteiger partial charge in [-0.15, -0.1) is 0 Å². The Hall–Kier alpha value is -2.90. The van der Waals surface area contributed by atoms with Crippen LogP contribution in [0.5, 0.6) is 0 Å². The molecule has 0 aliphatic carbocycles. The summed E-state index contributed by atoms with van der Waals surface area (Å²) in [5.74, 6) is -1.45. The Morgan fingerprint density at radius 3 is 2.50 bits per heavy atom. The SMILES string of the molecule is CC1CCC(=O)N(CC(CC(=O)OCc2ccccc2)NC(=O)OC(C)(C)C)C1=O. The lowest BCUT2D eigenvalue weighted by Crippen LogP contribution is -2.52. The highest BCUT2D eigenvalue weighted by Crippen LogP contribution is 2.19. The van der Waals surface area contributed by atoms with Crippen molar-refractivity contribution in [3.63, 3.8) is 0 Å². The maximum atomic E-state index is 12.4. The van der Waals surface area contributed by atoms with E-state index in [9.17, 15) is 19.2 Å². The molecule has 8 nitrogen and oxygen atoms in total. The molecule has 1 heterocycles. The van der Waals surface area contributed by atoms with Gasteiger partial charge in [-0.2, -0.15) is 0 Å². The van der Waals surface area contributed by atoms with Gasteiger partial charge in [0.15, 0.2) is 0 Å². The number of ether oxygens (including phenoxy) is 2. The highest BCUT2D eigenvalue weighted by Gasteiger charge is 2.34. The number of esters is 1. The molecule has 1 N–H and O–H groups in total. The van der Waals surface area contributed by atoms with Crippen molar-refractivity contribution < 1.29 is 28.7 Å². The number of amides is 3. The Kier molecular flexibility index (Phi) is 7.97. The van der Waals surface area contributed by atoms with Crippen LogP contribution < -0.4 is 5.32 Å². The molecule has 1 aliphatic heterocycles. The number of rotatable bonds is 7. The van der Waals surface area contributed by atoms with Crippen LogP contribution >= 0.6 is 0 Å². The summed E-state index contributed by atoms with van der Waals surface area (Å²) in [6.07, 6.45) is -0.173. The summed E-state index contributed by atoms with van der Waals surface area (Å²) in [5, 5.41) is 2.60. The van der Waals surface area contributed by atoms with Crippen LogP contribution in [0.4, 0.5) is 4.79 Å². The molecular formula is C22H30N2O6. The third kappa shape index (κ3) is 7.50. The highest BCUT2D eigenvalue weighted by molar-refractivity contribution is 5.98. The van der Waals surface area contributed by atoms with Crippen molar-refractivity contribution in [3.05, 3.63) is 35.9 Å². The van der Waals surface area contributed by atoms with E-state index in [4.69, 9.17) is 9.47 Å². The standard InChI is InChI=1S/C22H30N2O6/c1-15-10-11-18(25)24(20(15)27)13-17(23-21(28)30-22(2,3)4)12-19(26)29-14-16-8-6-5-7-9-16/h5-9,15,17H,10-14H2,1-4H3,(H,23,28). The first-order valence-corrected chi connectivity index (χ1v) is 10.1. The number of carbonyl (C=O) groups excluding carboxylic acids is 4. The number of likely N-dealkylation sites (tertiary alicyclic amines) is 1. The van der Waals surface area contributed by atoms with E-state index in [0.29, 0.717) is 6.42 Å². The van der Waals surface area contributed by atoms with Crippen molar-refractivity contribution in [1.29, 1.82) is 0 Å². The third-order valence-electron chi connectivity index (χ3n) is 4.56. The molecule has 1 saturated heterocycles. The fourth-order valence-corrected chi connectivity index (χ4v) is 3.03. The van der Waals surface area contributed by atoms with Crippen molar-refractivity contribution in [1.82, 2.24) is 10.2 Å². The van der Waals surface area contributed by atoms with Crippen LogP contribution in [0.3, 0.4) is 0 Å². The second kappa shape index (κ2) is 10.2. The summed E-state index contributed by atoms with van der Waals surface area (Å²) in [7, 11) is 0. The van der Waals surface area contributed by atoms with Gasteiger partial charge in [-0.05, 0) is 32.8 Å². The van der Waals surface area contributed by atoms with Crippen LogP contribution in [0.15, 0.2) is 30.3 Å². The maximum absolute atomic E-state index is 12.4. The molecule has 1 aliphatic rings. The molecule has 1 aromatic carbocycles. The molecular weight excluding hydrogens is 388 g/mol. The number of carbonyl (C=O) groups is 4. The number of nitrogens with one attached hydrogen (secondary N) is 1. The number of alkyl carbamates (subject to hydrolysis) is 1. The van der Waals surface area contributed by atoms with Crippen LogP contribution in [0.1, 0.15) is 52.5 Å². The minimum Gasteiger partial charge on any atom is -0.461 e. The summed E-state index contributed by atoms with van der Waals surface area (Å²) in [6, 6.07) is 8.38. The molecule has 30 heavy (non-hydrogen) atoms. The molecule has 0 spiro atoms. The fraction of sp³-hybridized carbons (Fsp3) is 0.545. The normalized spacial score (nSPS) is 18.0. The number of benzene rings is 1. The molecule has 2 atom stereocenters. The second-order valence-electron chi connectivity index (χ2n) is 8.48. The van der Waals surface area contributed by atoms with Gasteiger partial charge in [0.05, 0.1) is 12.5 Å². The number of hydrogen-bond acceptors (Lipinski definition) is 6. The molecule has 0 aromatic heterocycles. The first-order valence-electron chi connectivity index (χ1n) is 10.1. The van der Waals surface area contributed by atoms with Gasteiger partial charge in [0, 0.05) is 18.9 Å². The molecule has 2 unspecified atom stereocenters. The van der Waals surface area contributed by atoms with E-state index < -0.39 is 23.7 Å². The van der Waals surface area contributed by atoms with Gasteiger partial charge in [-0.3, -0.25) is 19.3 Å². The number of hydrogen-bond donors (Lipinski definition) is 1. The predicted molar refractivity (Wildman–Crippen MR) is 109 cm³/mol. The van der Waals surface area contributed by atoms with E-state index in [0.717, 1.165) is 10.5 Å². The van der Waals surface area contributed by atoms with Crippen molar-refractivity contribution in [2.75, 3.05) is 6.54 Å². The van der Waals surface area contributed by atoms with Gasteiger partial charge >= 0.3 is 12.1 Å². The molecule has 0 bridgehead atoms. The quantitative estimate of drug-likeness (QED) is 0.540. The topological polar surface area (TPSA) is 102 Å². The van der Waals surface area contributed by atoms with Crippen LogP contribution in [0.25, 0.3) is 0 Å². The summed E-state index contributed by atoms with van der Waals surface area (Å²) < 4.78 is 10.5. The smallest absolute Gasteiger partial charge is 0.407 e. The molecule has 1 fully saturated rings. The minimum absolute atomic E-state index is 0.0947. The van der Waals surface area contributed by atoms with E-state index in [1.54, 1.807) is 27.7 Å². The molecule has 2 rings (SSSR count). The molecule has 0 saturated carbocycles. The first-order chi connectivity index (χ1) is 14.0. The Balaban J connectivity index is 2.04. The first kappa shape index (κ1) is 23.4. The van der Waals surface area contributed by atoms with Crippen molar-refractivity contribution in [3.8, 4) is 0 Å². The highest BCUT2D eigenvalue weighted by atomic mass is 16.6. The Bertz CT molecular complexity index is 772. The number of nitrogens with zero attached hydrogens (tertiary/aromatic N) is 1. The van der Waals surface area contributed by atoms with Crippen molar-refractivity contribution in [2.24, 2.45) is 5.92 Å². The van der Waals surface area contributed by atoms with Gasteiger partial charge in [0.25, 0.3) is 0 Å². The minimum atomic E-state index is -0.818. The monoisotopic (exact) mass is 418 g/mol. The van der Waals surface area contributed by atoms with E-state index in [2.05, 4.69) is 5.32 Å². The van der Waals surface area contributed by atoms with Gasteiger partial charge in [0.1, 0.15) is 12.2 Å². The summed E-state index contributed by atoms with van der Waals surface area (Å²) in [4.78, 5) is 50.4. The fourth-order valence-electron chi connectivity index (χ4n) is 3.03. The largest absolute Gasteiger partial charge is 0.461 e. The zero-order valence-electron chi connectivity index (χ0n) is 18.0. The van der Waals surface area contributed by atoms with Crippen molar-refractivity contribution in [2.45, 2.75) is 65.2 Å². The lowest BCUT2D eigenvalue weighted by molar-refractivity contribution is -0.153. The Morgan fingerprint density at radius 1 is 1.20 bits per heavy atom. The molecule has 164 valence electrons. The maximum Gasteiger partial charge on any atom is 0.407 e. The second-order valence-corrected chi connectivity index (χ2v) is 8.48. The lowest BCUT2D eigenvalue weighted by atomic mass is 9.98. The van der Waals surface area contributed by atoms with Crippen LogP contribution in [0, 0.1) is 5.92 Å². The van der Waals surface area contributed by atoms with Gasteiger partial charge in [-0.25, -0.2) is 4.79 Å². The van der Waals surface area contributed by atoms with E-state index in [-0.39, 0.29) is 43.7 Å². The third-order valence-corrected chi connectivity index (χ3v) is 4.56. The van der Waals surface area contributed by atoms with Gasteiger partial charge in [0.2, 0.25) is 11.8 Å². The van der Waals surface area contributed by atoms with Crippen LogP contribution in [0.2, 0.25) is 0 Å². The zero-order chi connectivity index (χ0) is 22.3. The lowest BCUT2D eigenvalue weighted by Gasteiger charge is -2.32. The molecule has 3 amide bonds. The predicted octanol–water partition coefficient (Wildman–Crippen LogP) is 2.80. The average Bonchev–Trinajstić information content (AvgIpc) is 2.66. The van der Waals surface area contributed by atoms with E-state index >= 15 is 0 Å². The van der Waals surface area contributed by atoms with E-state index in [1.807, 2.05) is 30.3 Å². The van der Waals surface area contributed by atoms with Gasteiger partial charge in [-0.1, -0.05) is 37.3 Å². The number of imide groups is 1. The van der Waals surface area contributed by atoms with Crippen molar-refractivity contribution >= 4 is 23.9 Å². The Morgan fingerprint density at radius 2 is 1.87 bits per heavy atom. The summed E-state index contributed by atoms with van der Waals surface area (Å²) >= 11 is 0. The van der Waals surface area contributed by atoms with Crippen LogP contribution in [-0.4, -0.2) is 47.0 Å². The van der Waals surface area contributed by atoms with Gasteiger partial charge < -0.3 is 14.8 Å². The summed E-state index contributed by atoms with van der Waals surface area (Å²) in [6.45, 7) is 6.89. The molecule has 1 aromatic rings. The average molecular weight is 418 g/mol. The van der Waals surface area contributed by atoms with E-state index in [1.165, 1.54) is 0 Å².